The molecule has 0 unspecified atom stereocenters. The fraction of sp³-hybridized carbons (Fsp3) is 0.294. The number of aromatic nitrogens is 1. The van der Waals surface area contributed by atoms with E-state index in [1.165, 1.54) is 0 Å². The second kappa shape index (κ2) is 8.75. The maximum Gasteiger partial charge on any atom is 0.269 e. The molecule has 1 amide bonds. The van der Waals surface area contributed by atoms with Gasteiger partial charge in [0.05, 0.1) is 22.6 Å². The number of carbonyl (C=O) groups is 1. The highest BCUT2D eigenvalue weighted by Gasteiger charge is 2.07. The summed E-state index contributed by atoms with van der Waals surface area (Å²) in [6, 6.07) is 8.64. The first kappa shape index (κ1) is 17.6. The summed E-state index contributed by atoms with van der Waals surface area (Å²) in [5, 5.41) is 7.14. The molecule has 1 heterocycles. The zero-order valence-electron chi connectivity index (χ0n) is 12.9. The Labute approximate surface area is 146 Å². The molecule has 0 fully saturated rings. The second-order valence-electron chi connectivity index (χ2n) is 5.14. The van der Waals surface area contributed by atoms with Crippen molar-refractivity contribution in [2.45, 2.75) is 26.2 Å². The van der Waals surface area contributed by atoms with Crippen molar-refractivity contribution in [3.8, 4) is 0 Å². The lowest BCUT2D eigenvalue weighted by molar-refractivity contribution is 0.0948. The number of unbranched alkanes of at least 4 members (excludes halogenated alkanes) is 2. The van der Waals surface area contributed by atoms with Gasteiger partial charge >= 0.3 is 0 Å². The van der Waals surface area contributed by atoms with Crippen molar-refractivity contribution in [2.75, 3.05) is 11.9 Å². The number of nitrogens with zero attached hydrogens (tertiary/aromatic N) is 1. The highest BCUT2D eigenvalue weighted by Crippen LogP contribution is 2.28. The average molecular weight is 352 g/mol. The van der Waals surface area contributed by atoms with Crippen molar-refractivity contribution >= 4 is 40.5 Å². The lowest BCUT2D eigenvalue weighted by atomic mass is 10.2. The Hall–Kier alpha value is -1.78. The minimum Gasteiger partial charge on any atom is -0.353 e. The third-order valence-corrected chi connectivity index (χ3v) is 3.83. The van der Waals surface area contributed by atoms with Gasteiger partial charge in [-0.05, 0) is 36.8 Å². The molecule has 0 aliphatic rings. The molecule has 6 heteroatoms. The maximum atomic E-state index is 11.9. The normalized spacial score (nSPS) is 10.4. The average Bonchev–Trinajstić information content (AvgIpc) is 2.55. The summed E-state index contributed by atoms with van der Waals surface area (Å²) < 4.78 is 0. The Morgan fingerprint density at radius 1 is 1.17 bits per heavy atom. The van der Waals surface area contributed by atoms with Gasteiger partial charge in [-0.25, -0.2) is 4.98 Å². The highest BCUT2D eigenvalue weighted by atomic mass is 35.5. The highest BCUT2D eigenvalue weighted by molar-refractivity contribution is 6.35. The van der Waals surface area contributed by atoms with E-state index in [0.29, 0.717) is 28.0 Å². The Balaban J connectivity index is 1.96. The largest absolute Gasteiger partial charge is 0.353 e. The molecule has 0 aliphatic carbocycles. The molecule has 4 nitrogen and oxygen atoms in total. The van der Waals surface area contributed by atoms with E-state index >= 15 is 0 Å². The van der Waals surface area contributed by atoms with E-state index in [1.807, 2.05) is 0 Å². The van der Waals surface area contributed by atoms with Crippen LogP contribution in [0.5, 0.6) is 0 Å². The van der Waals surface area contributed by atoms with Gasteiger partial charge in [-0.3, -0.25) is 4.79 Å². The van der Waals surface area contributed by atoms with E-state index in [4.69, 9.17) is 23.2 Å². The molecule has 0 aliphatic heterocycles. The summed E-state index contributed by atoms with van der Waals surface area (Å²) in [7, 11) is 0. The van der Waals surface area contributed by atoms with Crippen molar-refractivity contribution in [3.63, 3.8) is 0 Å². The third-order valence-electron chi connectivity index (χ3n) is 3.27. The third kappa shape index (κ3) is 5.41. The maximum absolute atomic E-state index is 11.9. The SMILES string of the molecule is CCCCCNC(=O)c1ccc(Nc2cc(Cl)ccc2Cl)cn1. The van der Waals surface area contributed by atoms with E-state index in [0.717, 1.165) is 24.9 Å². The summed E-state index contributed by atoms with van der Waals surface area (Å²) in [6.07, 6.45) is 4.81. The van der Waals surface area contributed by atoms with Gasteiger partial charge < -0.3 is 10.6 Å². The molecule has 0 spiro atoms. The van der Waals surface area contributed by atoms with E-state index < -0.39 is 0 Å². The fourth-order valence-electron chi connectivity index (χ4n) is 2.02. The monoisotopic (exact) mass is 351 g/mol. The summed E-state index contributed by atoms with van der Waals surface area (Å²) in [6.45, 7) is 2.80. The van der Waals surface area contributed by atoms with E-state index in [-0.39, 0.29) is 5.91 Å². The minimum atomic E-state index is -0.159. The summed E-state index contributed by atoms with van der Waals surface area (Å²) in [4.78, 5) is 16.1. The molecule has 0 saturated carbocycles. The first-order valence-corrected chi connectivity index (χ1v) is 8.32. The minimum absolute atomic E-state index is 0.159. The van der Waals surface area contributed by atoms with Crippen LogP contribution in [0.4, 0.5) is 11.4 Å². The zero-order valence-corrected chi connectivity index (χ0v) is 14.4. The van der Waals surface area contributed by atoms with Crippen LogP contribution in [-0.2, 0) is 0 Å². The van der Waals surface area contributed by atoms with Crippen LogP contribution in [0.25, 0.3) is 0 Å². The molecule has 122 valence electrons. The standard InChI is InChI=1S/C17H19Cl2N3O/c1-2-3-4-9-20-17(23)15-8-6-13(11-21-15)22-16-10-12(18)5-7-14(16)19/h5-8,10-11,22H,2-4,9H2,1H3,(H,20,23). The number of hydrogen-bond donors (Lipinski definition) is 2. The second-order valence-corrected chi connectivity index (χ2v) is 5.99. The van der Waals surface area contributed by atoms with Gasteiger partial charge in [-0.2, -0.15) is 0 Å². The van der Waals surface area contributed by atoms with Crippen LogP contribution < -0.4 is 10.6 Å². The lowest BCUT2D eigenvalue weighted by Gasteiger charge is -2.09. The fourth-order valence-corrected chi connectivity index (χ4v) is 2.36. The molecule has 0 atom stereocenters. The molecule has 23 heavy (non-hydrogen) atoms. The summed E-state index contributed by atoms with van der Waals surface area (Å²) in [5.41, 5.74) is 1.82. The number of benzene rings is 1. The van der Waals surface area contributed by atoms with Crippen LogP contribution in [0.15, 0.2) is 36.5 Å². The molecular formula is C17H19Cl2N3O. The zero-order chi connectivity index (χ0) is 16.7. The quantitative estimate of drug-likeness (QED) is 0.686. The van der Waals surface area contributed by atoms with Crippen LogP contribution in [0.1, 0.15) is 36.7 Å². The Kier molecular flexibility index (Phi) is 6.68. The molecule has 2 aromatic rings. The number of anilines is 2. The lowest BCUT2D eigenvalue weighted by Crippen LogP contribution is -2.25. The Morgan fingerprint density at radius 3 is 2.70 bits per heavy atom. The van der Waals surface area contributed by atoms with Gasteiger partial charge in [0, 0.05) is 11.6 Å². The van der Waals surface area contributed by atoms with Gasteiger partial charge in [0.15, 0.2) is 0 Å². The van der Waals surface area contributed by atoms with E-state index in [1.54, 1.807) is 36.5 Å². The first-order chi connectivity index (χ1) is 11.1. The molecule has 0 saturated heterocycles. The van der Waals surface area contributed by atoms with Crippen molar-refractivity contribution in [3.05, 3.63) is 52.3 Å². The predicted molar refractivity (Wildman–Crippen MR) is 95.8 cm³/mol. The number of pyridine rings is 1. The first-order valence-electron chi connectivity index (χ1n) is 7.56. The Bertz CT molecular complexity index is 659. The van der Waals surface area contributed by atoms with Crippen molar-refractivity contribution in [1.29, 1.82) is 0 Å². The summed E-state index contributed by atoms with van der Waals surface area (Å²) in [5.74, 6) is -0.159. The number of halogens is 2. The Morgan fingerprint density at radius 2 is 2.00 bits per heavy atom. The van der Waals surface area contributed by atoms with Crippen LogP contribution >= 0.6 is 23.2 Å². The van der Waals surface area contributed by atoms with E-state index in [9.17, 15) is 4.79 Å². The van der Waals surface area contributed by atoms with Gasteiger partial charge in [0.25, 0.3) is 5.91 Å². The van der Waals surface area contributed by atoms with Crippen LogP contribution in [0.2, 0.25) is 10.0 Å². The van der Waals surface area contributed by atoms with Crippen LogP contribution in [0, 0.1) is 0 Å². The molecule has 1 aromatic carbocycles. The molecule has 0 bridgehead atoms. The number of amides is 1. The van der Waals surface area contributed by atoms with Gasteiger partial charge in [-0.1, -0.05) is 43.0 Å². The van der Waals surface area contributed by atoms with Crippen molar-refractivity contribution in [1.82, 2.24) is 10.3 Å². The van der Waals surface area contributed by atoms with Gasteiger partial charge in [0.2, 0.25) is 0 Å². The molecule has 1 aromatic heterocycles. The topological polar surface area (TPSA) is 54.0 Å². The number of rotatable bonds is 7. The van der Waals surface area contributed by atoms with Gasteiger partial charge in [-0.15, -0.1) is 0 Å². The number of carbonyl (C=O) groups excluding carboxylic acids is 1. The number of hydrogen-bond acceptors (Lipinski definition) is 3. The van der Waals surface area contributed by atoms with Crippen LogP contribution in [0.3, 0.4) is 0 Å². The van der Waals surface area contributed by atoms with Gasteiger partial charge in [0.1, 0.15) is 5.69 Å². The smallest absolute Gasteiger partial charge is 0.269 e. The molecule has 2 rings (SSSR count). The van der Waals surface area contributed by atoms with E-state index in [2.05, 4.69) is 22.5 Å². The molecule has 0 radical (unpaired) electrons. The summed E-state index contributed by atoms with van der Waals surface area (Å²) >= 11 is 12.1. The van der Waals surface area contributed by atoms with Crippen LogP contribution in [-0.4, -0.2) is 17.4 Å². The predicted octanol–water partition coefficient (Wildman–Crippen LogP) is 5.05. The van der Waals surface area contributed by atoms with Crippen molar-refractivity contribution < 1.29 is 4.79 Å². The van der Waals surface area contributed by atoms with Crippen molar-refractivity contribution in [2.24, 2.45) is 0 Å². The molecular weight excluding hydrogens is 333 g/mol. The molecule has 2 N–H and O–H groups in total. The number of nitrogens with one attached hydrogen (secondary N) is 2.